The third-order valence-corrected chi connectivity index (χ3v) is 2.96. The highest BCUT2D eigenvalue weighted by Crippen LogP contribution is 2.27. The molecule has 0 aliphatic carbocycles. The number of nitro benzene ring substituents is 1. The molecule has 0 bridgehead atoms. The predicted octanol–water partition coefficient (Wildman–Crippen LogP) is 2.62. The van der Waals surface area contributed by atoms with E-state index in [1.54, 1.807) is 18.3 Å². The van der Waals surface area contributed by atoms with Crippen molar-refractivity contribution in [3.05, 3.63) is 46.1 Å². The second-order valence-corrected chi connectivity index (χ2v) is 4.16. The molecule has 0 radical (unpaired) electrons. The SMILES string of the molecule is CCn1nccc1-c1ccc([N+](=O)[O-])cc1CNC.Cl. The molecule has 0 atom stereocenters. The summed E-state index contributed by atoms with van der Waals surface area (Å²) in [5, 5.41) is 18.1. The Morgan fingerprint density at radius 2 is 2.15 bits per heavy atom. The van der Waals surface area contributed by atoms with Crippen molar-refractivity contribution in [3.63, 3.8) is 0 Å². The van der Waals surface area contributed by atoms with Gasteiger partial charge in [-0.3, -0.25) is 14.8 Å². The van der Waals surface area contributed by atoms with Gasteiger partial charge in [0.25, 0.3) is 5.69 Å². The summed E-state index contributed by atoms with van der Waals surface area (Å²) in [6, 6.07) is 6.85. The largest absolute Gasteiger partial charge is 0.316 e. The maximum absolute atomic E-state index is 10.8. The van der Waals surface area contributed by atoms with Crippen LogP contribution in [-0.2, 0) is 13.1 Å². The number of aromatic nitrogens is 2. The normalized spacial score (nSPS) is 10.1. The van der Waals surface area contributed by atoms with Gasteiger partial charge in [-0.1, -0.05) is 0 Å². The highest BCUT2D eigenvalue weighted by molar-refractivity contribution is 5.85. The molecule has 0 saturated heterocycles. The van der Waals surface area contributed by atoms with E-state index in [1.807, 2.05) is 24.7 Å². The smallest absolute Gasteiger partial charge is 0.269 e. The summed E-state index contributed by atoms with van der Waals surface area (Å²) in [5.41, 5.74) is 2.95. The molecular weight excluding hydrogens is 280 g/mol. The standard InChI is InChI=1S/C13H16N4O2.ClH/c1-3-16-13(6-7-15-16)12-5-4-11(17(18)19)8-10(12)9-14-2;/h4-8,14H,3,9H2,1-2H3;1H. The third-order valence-electron chi connectivity index (χ3n) is 2.96. The van der Waals surface area contributed by atoms with Gasteiger partial charge in [0.1, 0.15) is 0 Å². The molecule has 0 amide bonds. The fourth-order valence-electron chi connectivity index (χ4n) is 2.09. The lowest BCUT2D eigenvalue weighted by Crippen LogP contribution is -2.08. The van der Waals surface area contributed by atoms with Crippen LogP contribution in [0.15, 0.2) is 30.5 Å². The van der Waals surface area contributed by atoms with Gasteiger partial charge in [-0.15, -0.1) is 12.4 Å². The Labute approximate surface area is 123 Å². The number of nitro groups is 1. The number of nitrogens with zero attached hydrogens (tertiary/aromatic N) is 3. The van der Waals surface area contributed by atoms with Crippen LogP contribution in [0.5, 0.6) is 0 Å². The van der Waals surface area contributed by atoms with E-state index >= 15 is 0 Å². The summed E-state index contributed by atoms with van der Waals surface area (Å²) in [4.78, 5) is 10.5. The lowest BCUT2D eigenvalue weighted by Gasteiger charge is -2.10. The van der Waals surface area contributed by atoms with E-state index in [-0.39, 0.29) is 23.0 Å². The monoisotopic (exact) mass is 296 g/mol. The van der Waals surface area contributed by atoms with Crippen molar-refractivity contribution in [1.29, 1.82) is 0 Å². The van der Waals surface area contributed by atoms with Crippen LogP contribution in [0.1, 0.15) is 12.5 Å². The van der Waals surface area contributed by atoms with E-state index in [0.717, 1.165) is 23.4 Å². The van der Waals surface area contributed by atoms with E-state index < -0.39 is 0 Å². The molecule has 0 aliphatic rings. The number of halogens is 1. The van der Waals surface area contributed by atoms with Crippen molar-refractivity contribution in [2.75, 3.05) is 7.05 Å². The first-order valence-corrected chi connectivity index (χ1v) is 6.11. The molecule has 0 aliphatic heterocycles. The van der Waals surface area contributed by atoms with Gasteiger partial charge in [-0.05, 0) is 31.7 Å². The summed E-state index contributed by atoms with van der Waals surface area (Å²) < 4.78 is 1.88. The minimum absolute atomic E-state index is 0. The molecule has 0 fully saturated rings. The Kier molecular flexibility index (Phi) is 5.66. The van der Waals surface area contributed by atoms with E-state index in [4.69, 9.17) is 0 Å². The molecule has 2 rings (SSSR count). The van der Waals surface area contributed by atoms with Crippen LogP contribution in [-0.4, -0.2) is 21.8 Å². The molecular formula is C13H17ClN4O2. The zero-order valence-corrected chi connectivity index (χ0v) is 12.2. The molecule has 1 N–H and O–H groups in total. The highest BCUT2D eigenvalue weighted by Gasteiger charge is 2.14. The van der Waals surface area contributed by atoms with Crippen molar-refractivity contribution < 1.29 is 4.92 Å². The minimum Gasteiger partial charge on any atom is -0.316 e. The molecule has 0 saturated carbocycles. The summed E-state index contributed by atoms with van der Waals surface area (Å²) in [5.74, 6) is 0. The van der Waals surface area contributed by atoms with Crippen molar-refractivity contribution in [2.45, 2.75) is 20.0 Å². The number of nitrogens with one attached hydrogen (secondary N) is 1. The molecule has 7 heteroatoms. The number of aryl methyl sites for hydroxylation is 1. The Balaban J connectivity index is 0.00000200. The molecule has 20 heavy (non-hydrogen) atoms. The fourth-order valence-corrected chi connectivity index (χ4v) is 2.09. The summed E-state index contributed by atoms with van der Waals surface area (Å²) in [6.45, 7) is 3.35. The summed E-state index contributed by atoms with van der Waals surface area (Å²) in [7, 11) is 1.82. The second kappa shape index (κ2) is 7.02. The van der Waals surface area contributed by atoms with Crippen molar-refractivity contribution in [3.8, 4) is 11.3 Å². The Bertz CT molecular complexity index is 598. The molecule has 6 nitrogen and oxygen atoms in total. The first-order chi connectivity index (χ1) is 9.17. The zero-order valence-electron chi connectivity index (χ0n) is 11.4. The number of non-ortho nitro benzene ring substituents is 1. The van der Waals surface area contributed by atoms with Crippen molar-refractivity contribution >= 4 is 18.1 Å². The Morgan fingerprint density at radius 3 is 2.75 bits per heavy atom. The van der Waals surface area contributed by atoms with Gasteiger partial charge in [0.2, 0.25) is 0 Å². The zero-order chi connectivity index (χ0) is 13.8. The predicted molar refractivity (Wildman–Crippen MR) is 80.0 cm³/mol. The van der Waals surface area contributed by atoms with E-state index in [9.17, 15) is 10.1 Å². The third kappa shape index (κ3) is 3.15. The van der Waals surface area contributed by atoms with Gasteiger partial charge < -0.3 is 5.32 Å². The second-order valence-electron chi connectivity index (χ2n) is 4.16. The van der Waals surface area contributed by atoms with Gasteiger partial charge >= 0.3 is 0 Å². The van der Waals surface area contributed by atoms with Gasteiger partial charge in [0, 0.05) is 37.0 Å². The fraction of sp³-hybridized carbons (Fsp3) is 0.308. The average molecular weight is 297 g/mol. The topological polar surface area (TPSA) is 73.0 Å². The van der Waals surface area contributed by atoms with Crippen LogP contribution in [0.25, 0.3) is 11.3 Å². The van der Waals surface area contributed by atoms with Crippen molar-refractivity contribution in [2.24, 2.45) is 0 Å². The van der Waals surface area contributed by atoms with Crippen LogP contribution in [0, 0.1) is 10.1 Å². The van der Waals surface area contributed by atoms with Gasteiger partial charge in [0.05, 0.1) is 10.6 Å². The number of benzene rings is 1. The van der Waals surface area contributed by atoms with Gasteiger partial charge in [-0.25, -0.2) is 0 Å². The summed E-state index contributed by atoms with van der Waals surface area (Å²) >= 11 is 0. The molecule has 1 aromatic carbocycles. The summed E-state index contributed by atoms with van der Waals surface area (Å²) in [6.07, 6.45) is 1.74. The number of hydrogen-bond donors (Lipinski definition) is 1. The lowest BCUT2D eigenvalue weighted by atomic mass is 10.0. The minimum atomic E-state index is -0.375. The number of hydrogen-bond acceptors (Lipinski definition) is 4. The molecule has 1 heterocycles. The first-order valence-electron chi connectivity index (χ1n) is 6.11. The van der Waals surface area contributed by atoms with E-state index in [2.05, 4.69) is 10.4 Å². The lowest BCUT2D eigenvalue weighted by molar-refractivity contribution is -0.384. The van der Waals surface area contributed by atoms with Gasteiger partial charge in [0.15, 0.2) is 0 Å². The van der Waals surface area contributed by atoms with Crippen LogP contribution in [0.4, 0.5) is 5.69 Å². The molecule has 0 spiro atoms. The number of rotatable bonds is 5. The van der Waals surface area contributed by atoms with Crippen LogP contribution >= 0.6 is 12.4 Å². The molecule has 1 aromatic heterocycles. The maximum Gasteiger partial charge on any atom is 0.269 e. The van der Waals surface area contributed by atoms with Crippen LogP contribution in [0.2, 0.25) is 0 Å². The molecule has 0 unspecified atom stereocenters. The quantitative estimate of drug-likeness (QED) is 0.680. The van der Waals surface area contributed by atoms with Crippen LogP contribution in [0.3, 0.4) is 0 Å². The highest BCUT2D eigenvalue weighted by atomic mass is 35.5. The van der Waals surface area contributed by atoms with Gasteiger partial charge in [-0.2, -0.15) is 5.10 Å². The van der Waals surface area contributed by atoms with Crippen LogP contribution < -0.4 is 5.32 Å². The van der Waals surface area contributed by atoms with Crippen molar-refractivity contribution in [1.82, 2.24) is 15.1 Å². The Morgan fingerprint density at radius 1 is 1.40 bits per heavy atom. The first kappa shape index (κ1) is 16.1. The van der Waals surface area contributed by atoms with E-state index in [1.165, 1.54) is 6.07 Å². The Hall–Kier alpha value is -1.92. The average Bonchev–Trinajstić information content (AvgIpc) is 2.87. The molecule has 2 aromatic rings. The maximum atomic E-state index is 10.8. The molecule has 108 valence electrons. The van der Waals surface area contributed by atoms with E-state index in [0.29, 0.717) is 6.54 Å².